The largest absolute Gasteiger partial charge is 0.443 e. The Bertz CT molecular complexity index is 1340. The highest BCUT2D eigenvalue weighted by atomic mass is 16.5. The zero-order valence-electron chi connectivity index (χ0n) is 19.4. The van der Waals surface area contributed by atoms with Crippen LogP contribution >= 0.6 is 0 Å². The average Bonchev–Trinajstić information content (AvgIpc) is 3.22. The highest BCUT2D eigenvalue weighted by Gasteiger charge is 2.39. The number of nitrogens with one attached hydrogen (secondary N) is 2. The van der Waals surface area contributed by atoms with Crippen LogP contribution < -0.4 is 10.6 Å². The molecule has 2 aliphatic rings. The van der Waals surface area contributed by atoms with Gasteiger partial charge in [0.25, 0.3) is 5.91 Å². The quantitative estimate of drug-likeness (QED) is 0.520. The van der Waals surface area contributed by atoms with E-state index in [0.717, 1.165) is 22.3 Å². The predicted octanol–water partition coefficient (Wildman–Crippen LogP) is 2.94. The molecule has 1 aromatic heterocycles. The molecule has 0 aliphatic carbocycles. The number of nitrogens with zero attached hydrogens (tertiary/aromatic N) is 2. The number of hydrogen-bond acceptors (Lipinski definition) is 6. The van der Waals surface area contributed by atoms with Crippen LogP contribution in [0.3, 0.4) is 0 Å². The number of piperidine rings is 1. The molecule has 2 aliphatic heterocycles. The van der Waals surface area contributed by atoms with E-state index in [1.807, 2.05) is 54.6 Å². The summed E-state index contributed by atoms with van der Waals surface area (Å²) in [5.41, 5.74) is 4.69. The number of carbonyl (C=O) groups is 4. The number of pyridine rings is 1. The monoisotopic (exact) mass is 484 g/mol. The van der Waals surface area contributed by atoms with Gasteiger partial charge in [-0.3, -0.25) is 24.7 Å². The lowest BCUT2D eigenvalue weighted by molar-refractivity contribution is -0.136. The SMILES string of the molecule is O=C1CCC(N2Cc3ccc(CNC(=O)OCc4cc(-c5ccccc5)ccn4)cc3C2=O)C(=O)N1. The molecule has 0 radical (unpaired) electrons. The highest BCUT2D eigenvalue weighted by molar-refractivity contribution is 6.05. The third-order valence-electron chi connectivity index (χ3n) is 6.30. The standard InChI is InChI=1S/C27H24N4O5/c32-24-9-8-23(25(33)30-24)31-15-20-7-6-17(12-22(20)26(31)34)14-29-27(35)36-16-21-13-19(10-11-28-21)18-4-2-1-3-5-18/h1-7,10-13,23H,8-9,14-16H2,(H,29,35)(H,30,32,33). The highest BCUT2D eigenvalue weighted by Crippen LogP contribution is 2.28. The molecule has 1 fully saturated rings. The lowest BCUT2D eigenvalue weighted by atomic mass is 10.0. The van der Waals surface area contributed by atoms with Crippen LogP contribution in [0.4, 0.5) is 4.79 Å². The Balaban J connectivity index is 1.15. The summed E-state index contributed by atoms with van der Waals surface area (Å²) in [6, 6.07) is 18.3. The first kappa shape index (κ1) is 23.2. The van der Waals surface area contributed by atoms with Crippen LogP contribution in [0.1, 0.15) is 40.0 Å². The van der Waals surface area contributed by atoms with Crippen molar-refractivity contribution >= 4 is 23.8 Å². The minimum atomic E-state index is -0.659. The molecule has 2 N–H and O–H groups in total. The van der Waals surface area contributed by atoms with Gasteiger partial charge in [-0.25, -0.2) is 4.79 Å². The second-order valence-electron chi connectivity index (χ2n) is 8.72. The van der Waals surface area contributed by atoms with Gasteiger partial charge in [-0.1, -0.05) is 42.5 Å². The summed E-state index contributed by atoms with van der Waals surface area (Å²) in [5.74, 6) is -1.02. The molecule has 3 aromatic rings. The van der Waals surface area contributed by atoms with Gasteiger partial charge >= 0.3 is 6.09 Å². The smallest absolute Gasteiger partial charge is 0.407 e. The van der Waals surface area contributed by atoms with Crippen LogP contribution in [-0.4, -0.2) is 39.7 Å². The van der Waals surface area contributed by atoms with Crippen molar-refractivity contribution in [2.75, 3.05) is 0 Å². The van der Waals surface area contributed by atoms with Crippen molar-refractivity contribution in [3.8, 4) is 11.1 Å². The minimum Gasteiger partial charge on any atom is -0.443 e. The van der Waals surface area contributed by atoms with E-state index in [1.54, 1.807) is 12.3 Å². The maximum absolute atomic E-state index is 12.9. The van der Waals surface area contributed by atoms with Crippen LogP contribution in [0.25, 0.3) is 11.1 Å². The van der Waals surface area contributed by atoms with Gasteiger partial charge in [0.1, 0.15) is 12.6 Å². The average molecular weight is 485 g/mol. The van der Waals surface area contributed by atoms with E-state index in [1.165, 1.54) is 4.90 Å². The van der Waals surface area contributed by atoms with Gasteiger partial charge in [-0.15, -0.1) is 0 Å². The molecule has 1 saturated heterocycles. The van der Waals surface area contributed by atoms with Crippen LogP contribution in [-0.2, 0) is 34.0 Å². The third-order valence-corrected chi connectivity index (χ3v) is 6.30. The molecule has 9 heteroatoms. The molecule has 0 spiro atoms. The fourth-order valence-electron chi connectivity index (χ4n) is 4.44. The lowest BCUT2D eigenvalue weighted by Gasteiger charge is -2.29. The van der Waals surface area contributed by atoms with Crippen molar-refractivity contribution < 1.29 is 23.9 Å². The number of alkyl carbamates (subject to hydrolysis) is 1. The number of imide groups is 1. The molecule has 4 amide bonds. The van der Waals surface area contributed by atoms with Crippen molar-refractivity contribution in [2.45, 2.75) is 38.6 Å². The molecule has 1 atom stereocenters. The minimum absolute atomic E-state index is 0.0239. The predicted molar refractivity (Wildman–Crippen MR) is 129 cm³/mol. The molecule has 2 aromatic carbocycles. The Morgan fingerprint density at radius 2 is 1.89 bits per heavy atom. The van der Waals surface area contributed by atoms with Gasteiger partial charge in [-0.2, -0.15) is 0 Å². The molecule has 3 heterocycles. The summed E-state index contributed by atoms with van der Waals surface area (Å²) in [5, 5.41) is 4.99. The number of hydrogen-bond donors (Lipinski definition) is 2. The van der Waals surface area contributed by atoms with Gasteiger partial charge in [0.15, 0.2) is 0 Å². The Labute approximate surface area is 207 Å². The van der Waals surface area contributed by atoms with Crippen LogP contribution in [0.15, 0.2) is 66.9 Å². The van der Waals surface area contributed by atoms with Crippen LogP contribution in [0.2, 0.25) is 0 Å². The fourth-order valence-corrected chi connectivity index (χ4v) is 4.44. The van der Waals surface area contributed by atoms with Gasteiger partial charge in [-0.05, 0) is 46.9 Å². The topological polar surface area (TPSA) is 118 Å². The first-order chi connectivity index (χ1) is 17.5. The molecule has 182 valence electrons. The van der Waals surface area contributed by atoms with Gasteiger partial charge in [0.2, 0.25) is 11.8 Å². The van der Waals surface area contributed by atoms with Gasteiger partial charge in [0.05, 0.1) is 5.69 Å². The number of rotatable bonds is 6. The number of fused-ring (bicyclic) bond motifs is 1. The van der Waals surface area contributed by atoms with E-state index in [9.17, 15) is 19.2 Å². The number of amides is 4. The van der Waals surface area contributed by atoms with Crippen molar-refractivity contribution in [3.63, 3.8) is 0 Å². The third kappa shape index (κ3) is 4.95. The van der Waals surface area contributed by atoms with E-state index in [-0.39, 0.29) is 31.4 Å². The number of carbonyl (C=O) groups excluding carboxylic acids is 4. The van der Waals surface area contributed by atoms with E-state index >= 15 is 0 Å². The summed E-state index contributed by atoms with van der Waals surface area (Å²) >= 11 is 0. The molecule has 0 bridgehead atoms. The molecular formula is C27H24N4O5. The van der Waals surface area contributed by atoms with E-state index in [4.69, 9.17) is 4.74 Å². The molecular weight excluding hydrogens is 460 g/mol. The summed E-state index contributed by atoms with van der Waals surface area (Å²) in [7, 11) is 0. The Morgan fingerprint density at radius 1 is 1.06 bits per heavy atom. The van der Waals surface area contributed by atoms with E-state index in [2.05, 4.69) is 15.6 Å². The van der Waals surface area contributed by atoms with Crippen molar-refractivity contribution in [1.29, 1.82) is 0 Å². The Kier molecular flexibility index (Phi) is 6.44. The zero-order chi connectivity index (χ0) is 25.1. The zero-order valence-corrected chi connectivity index (χ0v) is 19.4. The fraction of sp³-hybridized carbons (Fsp3) is 0.222. The van der Waals surface area contributed by atoms with Crippen LogP contribution in [0.5, 0.6) is 0 Å². The lowest BCUT2D eigenvalue weighted by Crippen LogP contribution is -2.52. The van der Waals surface area contributed by atoms with Gasteiger partial charge in [0, 0.05) is 31.3 Å². The first-order valence-electron chi connectivity index (χ1n) is 11.7. The number of aromatic nitrogens is 1. The van der Waals surface area contributed by atoms with Crippen LogP contribution in [0, 0.1) is 0 Å². The van der Waals surface area contributed by atoms with Crippen molar-refractivity contribution in [1.82, 2.24) is 20.5 Å². The molecule has 1 unspecified atom stereocenters. The molecule has 0 saturated carbocycles. The van der Waals surface area contributed by atoms with E-state index in [0.29, 0.717) is 24.2 Å². The second kappa shape index (κ2) is 9.99. The number of benzene rings is 2. The van der Waals surface area contributed by atoms with Gasteiger partial charge < -0.3 is 15.0 Å². The van der Waals surface area contributed by atoms with Crippen molar-refractivity contribution in [2.24, 2.45) is 0 Å². The molecule has 5 rings (SSSR count). The Hall–Kier alpha value is -4.53. The molecule has 36 heavy (non-hydrogen) atoms. The second-order valence-corrected chi connectivity index (χ2v) is 8.72. The summed E-state index contributed by atoms with van der Waals surface area (Å²) in [6.45, 7) is 0.511. The normalized spacial score (nSPS) is 16.9. The number of ether oxygens (including phenoxy) is 1. The Morgan fingerprint density at radius 3 is 2.69 bits per heavy atom. The van der Waals surface area contributed by atoms with Crippen molar-refractivity contribution in [3.05, 3.63) is 89.2 Å². The summed E-state index contributed by atoms with van der Waals surface area (Å²) < 4.78 is 5.31. The summed E-state index contributed by atoms with van der Waals surface area (Å²) in [4.78, 5) is 54.6. The first-order valence-corrected chi connectivity index (χ1v) is 11.7. The van der Waals surface area contributed by atoms with E-state index < -0.39 is 18.0 Å². The summed E-state index contributed by atoms with van der Waals surface area (Å²) in [6.07, 6.45) is 1.60. The maximum Gasteiger partial charge on any atom is 0.407 e. The maximum atomic E-state index is 12.9. The molecule has 9 nitrogen and oxygen atoms in total.